The molecule has 0 amide bonds. The fourth-order valence-corrected chi connectivity index (χ4v) is 4.56. The molecule has 0 saturated carbocycles. The molecule has 1 atom stereocenters. The fraction of sp³-hybridized carbons (Fsp3) is 0.296. The van der Waals surface area contributed by atoms with Crippen molar-refractivity contribution in [3.05, 3.63) is 77.9 Å². The van der Waals surface area contributed by atoms with Crippen molar-refractivity contribution in [1.82, 2.24) is 14.0 Å². The van der Waals surface area contributed by atoms with E-state index in [1.54, 1.807) is 0 Å². The quantitative estimate of drug-likeness (QED) is 0.287. The Kier molecular flexibility index (Phi) is 5.38. The summed E-state index contributed by atoms with van der Waals surface area (Å²) in [5, 5.41) is 3.85. The maximum atomic E-state index is 4.80. The number of benzene rings is 2. The molecule has 5 aromatic rings. The number of rotatable bonds is 3. The van der Waals surface area contributed by atoms with Gasteiger partial charge in [0, 0.05) is 39.9 Å². The van der Waals surface area contributed by atoms with Crippen LogP contribution in [0.15, 0.2) is 60.9 Å². The first-order valence-corrected chi connectivity index (χ1v) is 11.1. The largest absolute Gasteiger partial charge is 0.318 e. The van der Waals surface area contributed by atoms with Crippen LogP contribution in [0.4, 0.5) is 0 Å². The van der Waals surface area contributed by atoms with Gasteiger partial charge in [0.15, 0.2) is 0 Å². The first-order valence-electron chi connectivity index (χ1n) is 11.1. The van der Waals surface area contributed by atoms with Crippen molar-refractivity contribution in [2.45, 2.75) is 53.9 Å². The summed E-state index contributed by atoms with van der Waals surface area (Å²) in [6.45, 7) is 12.9. The lowest BCUT2D eigenvalue weighted by atomic mass is 9.91. The number of hydrogen-bond donors (Lipinski definition) is 0. The summed E-state index contributed by atoms with van der Waals surface area (Å²) in [6.07, 6.45) is 5.10. The first-order chi connectivity index (χ1) is 14.6. The second-order valence-electron chi connectivity index (χ2n) is 7.82. The molecule has 2 aromatic carbocycles. The van der Waals surface area contributed by atoms with E-state index in [1.807, 2.05) is 20.0 Å². The summed E-state index contributed by atoms with van der Waals surface area (Å²) < 4.78 is 4.61. The molecule has 3 aromatic heterocycles. The SMILES string of the molecule is CC.CCC(C)c1ccc(-n2c(C)ccc2C)c2c3ccccc3n3ccnc3c12. The second kappa shape index (κ2) is 7.98. The highest BCUT2D eigenvalue weighted by Crippen LogP contribution is 2.39. The van der Waals surface area contributed by atoms with Crippen LogP contribution in [0.3, 0.4) is 0 Å². The van der Waals surface area contributed by atoms with E-state index in [0.717, 1.165) is 12.1 Å². The highest BCUT2D eigenvalue weighted by atomic mass is 15.0. The van der Waals surface area contributed by atoms with Gasteiger partial charge in [0.2, 0.25) is 0 Å². The van der Waals surface area contributed by atoms with E-state index >= 15 is 0 Å². The topological polar surface area (TPSA) is 22.2 Å². The van der Waals surface area contributed by atoms with Crippen LogP contribution in [0.5, 0.6) is 0 Å². The van der Waals surface area contributed by atoms with Crippen LogP contribution in [-0.2, 0) is 0 Å². The average molecular weight is 398 g/mol. The van der Waals surface area contributed by atoms with Crippen LogP contribution < -0.4 is 0 Å². The normalized spacial score (nSPS) is 12.3. The first kappa shape index (κ1) is 20.2. The molecule has 0 bridgehead atoms. The maximum absolute atomic E-state index is 4.80. The molecule has 0 radical (unpaired) electrons. The Morgan fingerprint density at radius 3 is 2.30 bits per heavy atom. The minimum Gasteiger partial charge on any atom is -0.318 e. The second-order valence-corrected chi connectivity index (χ2v) is 7.82. The molecule has 30 heavy (non-hydrogen) atoms. The Morgan fingerprint density at radius 2 is 1.60 bits per heavy atom. The summed E-state index contributed by atoms with van der Waals surface area (Å²) in [7, 11) is 0. The number of pyridine rings is 1. The number of hydrogen-bond acceptors (Lipinski definition) is 1. The highest BCUT2D eigenvalue weighted by molar-refractivity contribution is 6.16. The van der Waals surface area contributed by atoms with E-state index < -0.39 is 0 Å². The molecule has 0 aliphatic heterocycles. The van der Waals surface area contributed by atoms with Gasteiger partial charge in [-0.3, -0.25) is 4.40 Å². The minimum absolute atomic E-state index is 0.477. The summed E-state index contributed by atoms with van der Waals surface area (Å²) in [5.41, 5.74) is 7.38. The van der Waals surface area contributed by atoms with Gasteiger partial charge < -0.3 is 4.57 Å². The summed E-state index contributed by atoms with van der Waals surface area (Å²) in [6, 6.07) is 17.7. The van der Waals surface area contributed by atoms with E-state index in [2.05, 4.69) is 91.4 Å². The third kappa shape index (κ3) is 2.92. The van der Waals surface area contributed by atoms with Crippen molar-refractivity contribution in [1.29, 1.82) is 0 Å². The van der Waals surface area contributed by atoms with Gasteiger partial charge in [-0.05, 0) is 56.0 Å². The lowest BCUT2D eigenvalue weighted by Gasteiger charge is -2.20. The molecule has 1 unspecified atom stereocenters. The monoisotopic (exact) mass is 397 g/mol. The molecular formula is C27H31N3. The van der Waals surface area contributed by atoms with Gasteiger partial charge in [-0.1, -0.05) is 52.0 Å². The molecule has 154 valence electrons. The van der Waals surface area contributed by atoms with Crippen molar-refractivity contribution in [2.24, 2.45) is 0 Å². The summed E-state index contributed by atoms with van der Waals surface area (Å²) >= 11 is 0. The Labute approximate surface area is 179 Å². The van der Waals surface area contributed by atoms with Crippen LogP contribution >= 0.6 is 0 Å². The lowest BCUT2D eigenvalue weighted by Crippen LogP contribution is -2.04. The number of para-hydroxylation sites is 1. The molecule has 0 aliphatic carbocycles. The molecule has 0 saturated heterocycles. The maximum Gasteiger partial charge on any atom is 0.145 e. The van der Waals surface area contributed by atoms with Crippen molar-refractivity contribution >= 4 is 27.3 Å². The van der Waals surface area contributed by atoms with Crippen LogP contribution in [0.1, 0.15) is 57.0 Å². The van der Waals surface area contributed by atoms with Gasteiger partial charge in [-0.25, -0.2) is 4.98 Å². The van der Waals surface area contributed by atoms with E-state index in [1.165, 1.54) is 44.3 Å². The van der Waals surface area contributed by atoms with Gasteiger partial charge >= 0.3 is 0 Å². The third-order valence-electron chi connectivity index (χ3n) is 6.17. The van der Waals surface area contributed by atoms with Gasteiger partial charge in [0.05, 0.1) is 11.2 Å². The smallest absolute Gasteiger partial charge is 0.145 e. The number of aryl methyl sites for hydroxylation is 2. The zero-order valence-corrected chi connectivity index (χ0v) is 18.9. The Bertz CT molecular complexity index is 1320. The predicted molar refractivity (Wildman–Crippen MR) is 129 cm³/mol. The van der Waals surface area contributed by atoms with E-state index in [4.69, 9.17) is 4.98 Å². The Balaban J connectivity index is 0.00000106. The predicted octanol–water partition coefficient (Wildman–Crippen LogP) is 7.59. The minimum atomic E-state index is 0.477. The van der Waals surface area contributed by atoms with Crippen LogP contribution in [0.2, 0.25) is 0 Å². The Hall–Kier alpha value is -3.07. The van der Waals surface area contributed by atoms with Crippen LogP contribution in [-0.4, -0.2) is 14.0 Å². The number of fused-ring (bicyclic) bond motifs is 6. The Morgan fingerprint density at radius 1 is 0.900 bits per heavy atom. The molecule has 0 fully saturated rings. The molecule has 5 rings (SSSR count). The zero-order chi connectivity index (χ0) is 21.4. The van der Waals surface area contributed by atoms with Gasteiger partial charge in [-0.2, -0.15) is 0 Å². The number of imidazole rings is 1. The molecule has 0 aliphatic rings. The van der Waals surface area contributed by atoms with Gasteiger partial charge in [0.25, 0.3) is 0 Å². The van der Waals surface area contributed by atoms with E-state index in [9.17, 15) is 0 Å². The zero-order valence-electron chi connectivity index (χ0n) is 18.9. The van der Waals surface area contributed by atoms with Gasteiger partial charge in [0.1, 0.15) is 5.65 Å². The number of nitrogens with zero attached hydrogens (tertiary/aromatic N) is 3. The van der Waals surface area contributed by atoms with Gasteiger partial charge in [-0.15, -0.1) is 0 Å². The number of aromatic nitrogens is 3. The van der Waals surface area contributed by atoms with Crippen molar-refractivity contribution in [3.63, 3.8) is 0 Å². The standard InChI is InChI=1S/C25H25N3.C2H6/c1-5-16(2)19-12-13-22(28-17(3)10-11-18(28)4)23-20-8-6-7-9-21(20)27-15-14-26-25(27)24(19)23;1-2/h6-16H,5H2,1-4H3;1-2H3. The fourth-order valence-electron chi connectivity index (χ4n) is 4.56. The molecule has 3 heterocycles. The van der Waals surface area contributed by atoms with Crippen molar-refractivity contribution in [2.75, 3.05) is 0 Å². The molecule has 0 spiro atoms. The molecule has 3 heteroatoms. The van der Waals surface area contributed by atoms with Crippen molar-refractivity contribution < 1.29 is 0 Å². The summed E-state index contributed by atoms with van der Waals surface area (Å²) in [5.74, 6) is 0.477. The molecular weight excluding hydrogens is 366 g/mol. The van der Waals surface area contributed by atoms with Crippen LogP contribution in [0, 0.1) is 13.8 Å². The highest BCUT2D eigenvalue weighted by Gasteiger charge is 2.20. The summed E-state index contributed by atoms with van der Waals surface area (Å²) in [4.78, 5) is 4.80. The average Bonchev–Trinajstić information content (AvgIpc) is 3.41. The molecule has 3 nitrogen and oxygen atoms in total. The van der Waals surface area contributed by atoms with E-state index in [0.29, 0.717) is 5.92 Å². The van der Waals surface area contributed by atoms with E-state index in [-0.39, 0.29) is 0 Å². The third-order valence-corrected chi connectivity index (χ3v) is 6.17. The molecule has 0 N–H and O–H groups in total. The van der Waals surface area contributed by atoms with Crippen LogP contribution in [0.25, 0.3) is 33.0 Å². The lowest BCUT2D eigenvalue weighted by molar-refractivity contribution is 0.739. The van der Waals surface area contributed by atoms with Crippen molar-refractivity contribution in [3.8, 4) is 5.69 Å².